The van der Waals surface area contributed by atoms with Gasteiger partial charge in [-0.1, -0.05) is 47.5 Å². The fourth-order valence-electron chi connectivity index (χ4n) is 4.27. The van der Waals surface area contributed by atoms with Crippen LogP contribution >= 0.6 is 11.6 Å². The summed E-state index contributed by atoms with van der Waals surface area (Å²) in [5.41, 5.74) is 3.48. The SMILES string of the molecule is CC1=C(C(=O)Nc2ccc(Cl)cc2)[C@@H](c2ccccc2F)n2ncc(C(=O)Nc3ccc(C)cc3)c2N1. The van der Waals surface area contributed by atoms with E-state index in [1.807, 2.05) is 31.2 Å². The second kappa shape index (κ2) is 9.91. The van der Waals surface area contributed by atoms with Crippen molar-refractivity contribution in [1.29, 1.82) is 0 Å². The third-order valence-electron chi connectivity index (χ3n) is 6.12. The van der Waals surface area contributed by atoms with Crippen LogP contribution < -0.4 is 16.0 Å². The van der Waals surface area contributed by atoms with E-state index in [0.717, 1.165) is 5.56 Å². The Morgan fingerprint density at radius 1 is 0.919 bits per heavy atom. The second-order valence-electron chi connectivity index (χ2n) is 8.72. The van der Waals surface area contributed by atoms with Crippen molar-refractivity contribution in [3.05, 3.63) is 118 Å². The molecule has 2 heterocycles. The molecule has 0 saturated heterocycles. The number of aromatic nitrogens is 2. The van der Waals surface area contributed by atoms with E-state index in [-0.39, 0.29) is 22.6 Å². The first-order valence-corrected chi connectivity index (χ1v) is 11.9. The number of carbonyl (C=O) groups excluding carboxylic acids is 2. The molecule has 0 fully saturated rings. The lowest BCUT2D eigenvalue weighted by molar-refractivity contribution is -0.113. The summed E-state index contributed by atoms with van der Waals surface area (Å²) in [5.74, 6) is -0.955. The number of nitrogens with zero attached hydrogens (tertiary/aromatic N) is 2. The topological polar surface area (TPSA) is 88.0 Å². The van der Waals surface area contributed by atoms with E-state index in [1.54, 1.807) is 49.4 Å². The maximum Gasteiger partial charge on any atom is 0.261 e. The average molecular weight is 516 g/mol. The Kier molecular flexibility index (Phi) is 6.50. The fraction of sp³-hybridized carbons (Fsp3) is 0.107. The minimum Gasteiger partial charge on any atom is -0.343 e. The molecule has 0 aliphatic carbocycles. The molecule has 1 atom stereocenters. The first-order chi connectivity index (χ1) is 17.8. The highest BCUT2D eigenvalue weighted by Gasteiger charge is 2.36. The number of halogens is 2. The summed E-state index contributed by atoms with van der Waals surface area (Å²) in [7, 11) is 0. The van der Waals surface area contributed by atoms with Crippen molar-refractivity contribution in [1.82, 2.24) is 9.78 Å². The van der Waals surface area contributed by atoms with Crippen LogP contribution in [-0.4, -0.2) is 21.6 Å². The van der Waals surface area contributed by atoms with Gasteiger partial charge in [-0.05, 0) is 56.3 Å². The van der Waals surface area contributed by atoms with Gasteiger partial charge in [0.25, 0.3) is 11.8 Å². The third kappa shape index (κ3) is 4.83. The van der Waals surface area contributed by atoms with Crippen LogP contribution in [0.5, 0.6) is 0 Å². The largest absolute Gasteiger partial charge is 0.343 e. The van der Waals surface area contributed by atoms with Crippen LogP contribution in [0, 0.1) is 12.7 Å². The van der Waals surface area contributed by atoms with Gasteiger partial charge in [-0.2, -0.15) is 5.10 Å². The molecule has 37 heavy (non-hydrogen) atoms. The summed E-state index contributed by atoms with van der Waals surface area (Å²) < 4.78 is 16.5. The molecule has 7 nitrogen and oxygen atoms in total. The van der Waals surface area contributed by atoms with Crippen molar-refractivity contribution in [2.75, 3.05) is 16.0 Å². The minimum atomic E-state index is -0.911. The van der Waals surface area contributed by atoms with E-state index in [0.29, 0.717) is 27.9 Å². The molecule has 0 radical (unpaired) electrons. The van der Waals surface area contributed by atoms with Crippen LogP contribution in [0.2, 0.25) is 5.02 Å². The Morgan fingerprint density at radius 2 is 1.54 bits per heavy atom. The summed E-state index contributed by atoms with van der Waals surface area (Å²) in [5, 5.41) is 13.8. The maximum absolute atomic E-state index is 15.1. The first kappa shape index (κ1) is 24.3. The lowest BCUT2D eigenvalue weighted by atomic mass is 9.94. The Labute approximate surface area is 218 Å². The van der Waals surface area contributed by atoms with E-state index >= 15 is 4.39 Å². The zero-order valence-corrected chi connectivity index (χ0v) is 20.8. The van der Waals surface area contributed by atoms with Crippen molar-refractivity contribution in [2.24, 2.45) is 0 Å². The van der Waals surface area contributed by atoms with Gasteiger partial charge in [0.2, 0.25) is 0 Å². The lowest BCUT2D eigenvalue weighted by Gasteiger charge is -2.30. The van der Waals surface area contributed by atoms with Crippen molar-refractivity contribution in [2.45, 2.75) is 19.9 Å². The monoisotopic (exact) mass is 515 g/mol. The zero-order valence-electron chi connectivity index (χ0n) is 20.0. The van der Waals surface area contributed by atoms with E-state index in [9.17, 15) is 9.59 Å². The zero-order chi connectivity index (χ0) is 26.1. The molecule has 0 spiro atoms. The van der Waals surface area contributed by atoms with Gasteiger partial charge in [0, 0.05) is 27.7 Å². The smallest absolute Gasteiger partial charge is 0.261 e. The number of anilines is 3. The highest BCUT2D eigenvalue weighted by molar-refractivity contribution is 6.30. The third-order valence-corrected chi connectivity index (χ3v) is 6.38. The summed E-state index contributed by atoms with van der Waals surface area (Å²) in [6.45, 7) is 3.67. The summed E-state index contributed by atoms with van der Waals surface area (Å²) in [4.78, 5) is 26.6. The number of carbonyl (C=O) groups is 2. The van der Waals surface area contributed by atoms with Gasteiger partial charge in [0.1, 0.15) is 23.2 Å². The predicted molar refractivity (Wildman–Crippen MR) is 142 cm³/mol. The quantitative estimate of drug-likeness (QED) is 0.297. The number of benzene rings is 3. The van der Waals surface area contributed by atoms with Crippen LogP contribution in [-0.2, 0) is 4.79 Å². The number of hydrogen-bond acceptors (Lipinski definition) is 4. The molecule has 3 N–H and O–H groups in total. The molecule has 5 rings (SSSR count). The number of fused-ring (bicyclic) bond motifs is 1. The molecule has 4 aromatic rings. The van der Waals surface area contributed by atoms with Crippen molar-refractivity contribution in [3.63, 3.8) is 0 Å². The fourth-order valence-corrected chi connectivity index (χ4v) is 4.39. The molecule has 0 bridgehead atoms. The predicted octanol–water partition coefficient (Wildman–Crippen LogP) is 6.16. The number of nitrogens with one attached hydrogen (secondary N) is 3. The molecule has 9 heteroatoms. The van der Waals surface area contributed by atoms with Crippen LogP contribution in [0.25, 0.3) is 0 Å². The molecular formula is C28H23ClFN5O2. The normalized spacial score (nSPS) is 14.5. The minimum absolute atomic E-state index is 0.249. The van der Waals surface area contributed by atoms with Crippen LogP contribution in [0.15, 0.2) is 90.3 Å². The summed E-state index contributed by atoms with van der Waals surface area (Å²) >= 11 is 5.96. The number of rotatable bonds is 5. The molecule has 0 unspecified atom stereocenters. The Bertz CT molecular complexity index is 1530. The molecule has 2 amide bonds. The molecule has 1 aromatic heterocycles. The maximum atomic E-state index is 15.1. The highest BCUT2D eigenvalue weighted by Crippen LogP contribution is 2.38. The molecule has 1 aliphatic heterocycles. The summed E-state index contributed by atoms with van der Waals surface area (Å²) in [6.07, 6.45) is 1.41. The number of hydrogen-bond donors (Lipinski definition) is 3. The standard InChI is InChI=1S/C28H23ClFN5O2/c1-16-7-11-19(12-8-16)33-27(36)22-15-31-35-25(21-5-3-4-6-23(21)30)24(17(2)32-26(22)35)28(37)34-20-13-9-18(29)10-14-20/h3-15,25,32H,1-2H3,(H,33,36)(H,34,37)/t25-/m1/s1. The van der Waals surface area contributed by atoms with Gasteiger partial charge in [-0.15, -0.1) is 0 Å². The Morgan fingerprint density at radius 3 is 2.22 bits per heavy atom. The highest BCUT2D eigenvalue weighted by atomic mass is 35.5. The van der Waals surface area contributed by atoms with E-state index < -0.39 is 17.8 Å². The van der Waals surface area contributed by atoms with E-state index in [2.05, 4.69) is 21.0 Å². The lowest BCUT2D eigenvalue weighted by Crippen LogP contribution is -2.32. The molecule has 186 valence electrons. The van der Waals surface area contributed by atoms with E-state index in [1.165, 1.54) is 16.9 Å². The van der Waals surface area contributed by atoms with Crippen LogP contribution in [0.1, 0.15) is 34.5 Å². The molecular weight excluding hydrogens is 493 g/mol. The summed E-state index contributed by atoms with van der Waals surface area (Å²) in [6, 6.07) is 19.4. The van der Waals surface area contributed by atoms with E-state index in [4.69, 9.17) is 11.6 Å². The number of aryl methyl sites for hydroxylation is 1. The van der Waals surface area contributed by atoms with Crippen LogP contribution in [0.3, 0.4) is 0 Å². The second-order valence-corrected chi connectivity index (χ2v) is 9.16. The number of amides is 2. The van der Waals surface area contributed by atoms with Crippen molar-refractivity contribution >= 4 is 40.6 Å². The Hall–Kier alpha value is -4.43. The molecule has 1 aliphatic rings. The average Bonchev–Trinajstić information content (AvgIpc) is 3.30. The molecule has 3 aromatic carbocycles. The van der Waals surface area contributed by atoms with Crippen LogP contribution in [0.4, 0.5) is 21.6 Å². The van der Waals surface area contributed by atoms with Gasteiger partial charge in [0.05, 0.1) is 11.8 Å². The van der Waals surface area contributed by atoms with Gasteiger partial charge < -0.3 is 16.0 Å². The van der Waals surface area contributed by atoms with Gasteiger partial charge >= 0.3 is 0 Å². The van der Waals surface area contributed by atoms with Gasteiger partial charge in [-0.3, -0.25) is 9.59 Å². The first-order valence-electron chi connectivity index (χ1n) is 11.6. The van der Waals surface area contributed by atoms with Gasteiger partial charge in [-0.25, -0.2) is 9.07 Å². The van der Waals surface area contributed by atoms with Gasteiger partial charge in [0.15, 0.2) is 0 Å². The van der Waals surface area contributed by atoms with Crippen molar-refractivity contribution < 1.29 is 14.0 Å². The van der Waals surface area contributed by atoms with Crippen molar-refractivity contribution in [3.8, 4) is 0 Å². The number of allylic oxidation sites excluding steroid dienone is 1. The Balaban J connectivity index is 1.54. The molecule has 0 saturated carbocycles.